The molecule has 2 saturated carbocycles. The molecular formula is C48H59NaO6. The summed E-state index contributed by atoms with van der Waals surface area (Å²) in [6.07, 6.45) is 25.9. The number of benzene rings is 2. The summed E-state index contributed by atoms with van der Waals surface area (Å²) in [7, 11) is 0. The Bertz CT molecular complexity index is 1590. The maximum Gasteiger partial charge on any atom is 1.00 e. The van der Waals surface area contributed by atoms with Crippen LogP contribution in [0.5, 0.6) is 11.5 Å². The second-order valence-corrected chi connectivity index (χ2v) is 16.1. The van der Waals surface area contributed by atoms with E-state index in [1.807, 2.05) is 48.5 Å². The van der Waals surface area contributed by atoms with Crippen molar-refractivity contribution in [3.05, 3.63) is 83.0 Å². The van der Waals surface area contributed by atoms with Gasteiger partial charge in [-0.15, -0.1) is 11.8 Å². The number of carboxylic acids is 2. The third kappa shape index (κ3) is 13.9. The largest absolute Gasteiger partial charge is 1.00 e. The first-order valence-electron chi connectivity index (χ1n) is 20.3. The van der Waals surface area contributed by atoms with E-state index in [4.69, 9.17) is 14.6 Å². The fourth-order valence-electron chi connectivity index (χ4n) is 9.27. The number of carbonyl (C=O) groups is 2. The molecular weight excluding hydrogens is 696 g/mol. The van der Waals surface area contributed by atoms with Crippen molar-refractivity contribution in [1.82, 2.24) is 0 Å². The molecule has 0 bridgehead atoms. The topological polar surface area (TPSA) is 95.9 Å². The van der Waals surface area contributed by atoms with Gasteiger partial charge in [-0.05, 0) is 135 Å². The normalized spacial score (nSPS) is 19.2. The number of allylic oxidation sites excluding steroid dienone is 2. The zero-order valence-corrected chi connectivity index (χ0v) is 35.6. The summed E-state index contributed by atoms with van der Waals surface area (Å²) in [5.74, 6) is 10.7. The maximum absolute atomic E-state index is 11.0. The van der Waals surface area contributed by atoms with Crippen LogP contribution in [0.2, 0.25) is 0 Å². The first kappa shape index (κ1) is 44.3. The van der Waals surface area contributed by atoms with E-state index in [1.54, 1.807) is 13.8 Å². The summed E-state index contributed by atoms with van der Waals surface area (Å²) in [6, 6.07) is 15.4. The van der Waals surface area contributed by atoms with E-state index in [0.29, 0.717) is 24.0 Å². The molecule has 55 heavy (non-hydrogen) atoms. The molecule has 7 heteroatoms. The first-order valence-corrected chi connectivity index (χ1v) is 20.3. The van der Waals surface area contributed by atoms with Crippen molar-refractivity contribution >= 4 is 11.9 Å². The van der Waals surface area contributed by atoms with Crippen LogP contribution in [0.4, 0.5) is 0 Å². The van der Waals surface area contributed by atoms with E-state index in [0.717, 1.165) is 22.6 Å². The summed E-state index contributed by atoms with van der Waals surface area (Å²) >= 11 is 0. The van der Waals surface area contributed by atoms with Crippen LogP contribution >= 0.6 is 0 Å². The summed E-state index contributed by atoms with van der Waals surface area (Å²) in [5.41, 5.74) is 5.76. The van der Waals surface area contributed by atoms with Gasteiger partial charge in [0.25, 0.3) is 0 Å². The van der Waals surface area contributed by atoms with Gasteiger partial charge in [-0.25, -0.2) is 0 Å². The van der Waals surface area contributed by atoms with Crippen molar-refractivity contribution in [2.75, 3.05) is 13.2 Å². The van der Waals surface area contributed by atoms with E-state index in [9.17, 15) is 14.7 Å². The SMILES string of the molecule is CC#C[C@@H](CC(=O)O)c1ccc(OCC2=CCCC3(CCCCC3)C2)cc1.CC#C[C@@H](CC(=O)[O-])c1ccc(OCC2=CCCC3(CCCCC3)C2)cc1.[Na+]. The van der Waals surface area contributed by atoms with Gasteiger partial charge in [0.15, 0.2) is 0 Å². The predicted octanol–water partition coefficient (Wildman–Crippen LogP) is 7.08. The number of rotatable bonds is 12. The van der Waals surface area contributed by atoms with Crippen LogP contribution in [-0.4, -0.2) is 30.3 Å². The molecule has 2 spiro atoms. The Labute approximate surface area is 352 Å². The summed E-state index contributed by atoms with van der Waals surface area (Å²) in [6.45, 7) is 4.77. The maximum atomic E-state index is 11.0. The molecule has 0 saturated heterocycles. The minimum atomic E-state index is -1.08. The third-order valence-corrected chi connectivity index (χ3v) is 12.0. The Balaban J connectivity index is 0.000000240. The van der Waals surface area contributed by atoms with Crippen molar-refractivity contribution in [2.24, 2.45) is 10.8 Å². The van der Waals surface area contributed by atoms with E-state index < -0.39 is 11.9 Å². The Morgan fingerprint density at radius 2 is 1.05 bits per heavy atom. The second-order valence-electron chi connectivity index (χ2n) is 16.1. The number of carboxylic acid groups (broad SMARTS) is 2. The van der Waals surface area contributed by atoms with Crippen LogP contribution in [0.25, 0.3) is 0 Å². The fraction of sp³-hybridized carbons (Fsp3) is 0.542. The Hall–Kier alpha value is -3.42. The molecule has 288 valence electrons. The van der Waals surface area contributed by atoms with E-state index in [2.05, 4.69) is 35.8 Å². The number of aliphatic carboxylic acids is 2. The molecule has 0 aromatic heterocycles. The van der Waals surface area contributed by atoms with E-state index in [-0.39, 0.29) is 54.2 Å². The average molecular weight is 755 g/mol. The predicted molar refractivity (Wildman–Crippen MR) is 213 cm³/mol. The molecule has 2 fully saturated rings. The fourth-order valence-corrected chi connectivity index (χ4v) is 9.27. The molecule has 0 aliphatic heterocycles. The third-order valence-electron chi connectivity index (χ3n) is 12.0. The summed E-state index contributed by atoms with van der Waals surface area (Å²) < 4.78 is 12.1. The minimum Gasteiger partial charge on any atom is -0.550 e. The van der Waals surface area contributed by atoms with E-state index in [1.165, 1.54) is 114 Å². The Kier molecular flexibility index (Phi) is 18.0. The van der Waals surface area contributed by atoms with Crippen LogP contribution < -0.4 is 44.1 Å². The van der Waals surface area contributed by atoms with Gasteiger partial charge in [0, 0.05) is 12.4 Å². The molecule has 0 amide bonds. The molecule has 0 radical (unpaired) electrons. The standard InChI is InChI=1S/2C24H30O3.Na/c2*1-2-7-21(16-23(25)26)20-9-11-22(12-10-20)27-18-19-8-6-15-24(17-19)13-4-3-5-14-24;/h2*8-12,21H,3-6,13-18H2,1H3,(H,25,26);/q;;+1/p-1/t2*21-;/m00./s1. The number of carbonyl (C=O) groups excluding carboxylic acids is 1. The van der Waals surface area contributed by atoms with E-state index >= 15 is 0 Å². The van der Waals surface area contributed by atoms with Crippen molar-refractivity contribution in [3.8, 4) is 35.2 Å². The smallest absolute Gasteiger partial charge is 0.550 e. The second kappa shape index (κ2) is 22.4. The van der Waals surface area contributed by atoms with Crippen molar-refractivity contribution in [3.63, 3.8) is 0 Å². The van der Waals surface area contributed by atoms with Gasteiger partial charge in [-0.2, -0.15) is 0 Å². The summed E-state index contributed by atoms with van der Waals surface area (Å²) in [5, 5.41) is 20.0. The Morgan fingerprint density at radius 3 is 1.42 bits per heavy atom. The van der Waals surface area contributed by atoms with Gasteiger partial charge in [-0.3, -0.25) is 4.79 Å². The number of hydrogen-bond acceptors (Lipinski definition) is 5. The van der Waals surface area contributed by atoms with Gasteiger partial charge in [0.1, 0.15) is 24.7 Å². The molecule has 6 nitrogen and oxygen atoms in total. The molecule has 6 rings (SSSR count). The van der Waals surface area contributed by atoms with Crippen LogP contribution in [0.1, 0.15) is 152 Å². The molecule has 0 heterocycles. The van der Waals surface area contributed by atoms with Gasteiger partial charge in [0.05, 0.1) is 18.3 Å². The van der Waals surface area contributed by atoms with Gasteiger partial charge in [0.2, 0.25) is 0 Å². The van der Waals surface area contributed by atoms with Gasteiger partial charge >= 0.3 is 35.5 Å². The molecule has 2 atom stereocenters. The van der Waals surface area contributed by atoms with Crippen molar-refractivity contribution in [1.29, 1.82) is 0 Å². The van der Waals surface area contributed by atoms with Crippen molar-refractivity contribution < 1.29 is 58.8 Å². The van der Waals surface area contributed by atoms with Gasteiger partial charge in [-0.1, -0.05) is 86.8 Å². The monoisotopic (exact) mass is 754 g/mol. The number of hydrogen-bond donors (Lipinski definition) is 1. The first-order chi connectivity index (χ1) is 26.2. The minimum absolute atomic E-state index is 0. The van der Waals surface area contributed by atoms with Gasteiger partial charge < -0.3 is 24.5 Å². The average Bonchev–Trinajstić information content (AvgIpc) is 3.17. The van der Waals surface area contributed by atoms with Crippen LogP contribution in [-0.2, 0) is 9.59 Å². The summed E-state index contributed by atoms with van der Waals surface area (Å²) in [4.78, 5) is 22.0. The molecule has 2 aromatic carbocycles. The van der Waals surface area contributed by atoms with Crippen LogP contribution in [0.3, 0.4) is 0 Å². The molecule has 0 unspecified atom stereocenters. The van der Waals surface area contributed by atoms with Crippen molar-refractivity contribution in [2.45, 2.75) is 141 Å². The molecule has 2 aromatic rings. The Morgan fingerprint density at radius 1 is 0.655 bits per heavy atom. The quantitative estimate of drug-likeness (QED) is 0.141. The molecule has 4 aliphatic carbocycles. The zero-order chi connectivity index (χ0) is 38.2. The van der Waals surface area contributed by atoms with Crippen LogP contribution in [0, 0.1) is 34.5 Å². The molecule has 1 N–H and O–H groups in total. The molecule has 4 aliphatic rings. The van der Waals surface area contributed by atoms with Crippen LogP contribution in [0.15, 0.2) is 71.8 Å². The zero-order valence-electron chi connectivity index (χ0n) is 33.6. The number of ether oxygens (including phenoxy) is 2.